The number of rotatable bonds is 4. The molecule has 0 fully saturated rings. The highest BCUT2D eigenvalue weighted by Crippen LogP contribution is 2.15. The van der Waals surface area contributed by atoms with Crippen molar-refractivity contribution in [2.24, 2.45) is 0 Å². The van der Waals surface area contributed by atoms with Crippen LogP contribution in [0.3, 0.4) is 0 Å². The summed E-state index contributed by atoms with van der Waals surface area (Å²) in [5.74, 6) is 0.267. The highest BCUT2D eigenvalue weighted by Gasteiger charge is 2.04. The quantitative estimate of drug-likeness (QED) is 0.503. The minimum atomic E-state index is 0.267. The molecule has 1 unspecified atom stereocenters. The van der Waals surface area contributed by atoms with Gasteiger partial charge in [-0.1, -0.05) is 36.4 Å². The van der Waals surface area contributed by atoms with Crippen molar-refractivity contribution in [2.45, 2.75) is 5.92 Å². The maximum Gasteiger partial charge on any atom is 0.246 e. The van der Waals surface area contributed by atoms with Crippen LogP contribution in [0.5, 0.6) is 0 Å². The average molecular weight is 175 g/mol. The molecule has 0 aliphatic heterocycles. The molecule has 1 aromatic rings. The lowest BCUT2D eigenvalue weighted by Crippen LogP contribution is -2.03. The second-order valence-corrected chi connectivity index (χ2v) is 2.85. The van der Waals surface area contributed by atoms with Crippen molar-refractivity contribution in [2.75, 3.05) is 6.61 Å². The van der Waals surface area contributed by atoms with Crippen molar-refractivity contribution in [1.29, 1.82) is 0 Å². The molecule has 0 aromatic heterocycles. The van der Waals surface area contributed by atoms with Crippen LogP contribution in [0.2, 0.25) is 0 Å². The van der Waals surface area contributed by atoms with E-state index >= 15 is 0 Å². The number of hydrogen-bond donors (Lipinski definition) is 0. The highest BCUT2D eigenvalue weighted by molar-refractivity contribution is 5.97. The molecule has 1 aromatic carbocycles. The largest absolute Gasteiger partial charge is 0.418 e. The monoisotopic (exact) mass is 175 g/mol. The van der Waals surface area contributed by atoms with E-state index in [1.165, 1.54) is 5.56 Å². The van der Waals surface area contributed by atoms with Crippen LogP contribution in [0.4, 0.5) is 0 Å². The molecule has 12 heavy (non-hydrogen) atoms. The number of benzene rings is 1. The Hall–Kier alpha value is -0.863. The van der Waals surface area contributed by atoms with Gasteiger partial charge in [0.2, 0.25) is 10.5 Å². The van der Waals surface area contributed by atoms with Gasteiger partial charge in [0.1, 0.15) is 0 Å². The van der Waals surface area contributed by atoms with E-state index in [1.54, 1.807) is 0 Å². The maximum atomic E-state index is 4.88. The fourth-order valence-corrected chi connectivity index (χ4v) is 1.27. The van der Waals surface area contributed by atoms with Crippen LogP contribution in [-0.2, 0) is 4.43 Å². The summed E-state index contributed by atoms with van der Waals surface area (Å²) in [5, 5.41) is 0. The second-order valence-electron chi connectivity index (χ2n) is 2.56. The van der Waals surface area contributed by atoms with Gasteiger partial charge in [-0.25, -0.2) is 0 Å². The van der Waals surface area contributed by atoms with E-state index in [2.05, 4.69) is 29.2 Å². The summed E-state index contributed by atoms with van der Waals surface area (Å²) in [7, 11) is 2.99. The van der Waals surface area contributed by atoms with Crippen molar-refractivity contribution < 1.29 is 4.43 Å². The lowest BCUT2D eigenvalue weighted by molar-refractivity contribution is 0.336. The molecule has 0 heterocycles. The molecule has 1 nitrogen and oxygen atoms in total. The first-order valence-corrected chi connectivity index (χ1v) is 4.25. The molecule has 1 atom stereocenters. The van der Waals surface area contributed by atoms with Crippen LogP contribution in [0.25, 0.3) is 0 Å². The van der Waals surface area contributed by atoms with Gasteiger partial charge in [-0.05, 0) is 5.56 Å². The summed E-state index contributed by atoms with van der Waals surface area (Å²) in [6, 6.07) is 10.2. The lowest BCUT2D eigenvalue weighted by atomic mass is 10.0. The van der Waals surface area contributed by atoms with Gasteiger partial charge in [-0.2, -0.15) is 0 Å². The smallest absolute Gasteiger partial charge is 0.246 e. The van der Waals surface area contributed by atoms with Crippen molar-refractivity contribution in [1.82, 2.24) is 0 Å². The van der Waals surface area contributed by atoms with Crippen LogP contribution in [0.1, 0.15) is 11.5 Å². The lowest BCUT2D eigenvalue weighted by Gasteiger charge is -2.10. The van der Waals surface area contributed by atoms with Gasteiger partial charge in [0.15, 0.2) is 0 Å². The Morgan fingerprint density at radius 2 is 2.08 bits per heavy atom. The maximum absolute atomic E-state index is 4.88. The van der Waals surface area contributed by atoms with Gasteiger partial charge in [-0.15, -0.1) is 6.58 Å². The molecule has 0 spiro atoms. The summed E-state index contributed by atoms with van der Waals surface area (Å²) in [6.45, 7) is 4.37. The van der Waals surface area contributed by atoms with Crippen molar-refractivity contribution >= 4 is 10.5 Å². The van der Waals surface area contributed by atoms with E-state index in [4.69, 9.17) is 4.43 Å². The Balaban J connectivity index is 2.73. The average Bonchev–Trinajstić information content (AvgIpc) is 2.15. The standard InChI is InChI=1S/C10H11OSi/c1-2-9(8-11-12)10-6-4-3-5-7-10/h2-7,9H,1,8H2. The molecule has 1 rings (SSSR count). The van der Waals surface area contributed by atoms with Gasteiger partial charge < -0.3 is 4.43 Å². The molecule has 61 valence electrons. The molecular weight excluding hydrogens is 164 g/mol. The molecule has 0 aliphatic carbocycles. The Morgan fingerprint density at radius 1 is 1.42 bits per heavy atom. The van der Waals surface area contributed by atoms with Crippen LogP contribution in [0.15, 0.2) is 43.0 Å². The molecule has 0 N–H and O–H groups in total. The molecule has 0 saturated carbocycles. The van der Waals surface area contributed by atoms with E-state index in [0.29, 0.717) is 6.61 Å². The van der Waals surface area contributed by atoms with E-state index in [-0.39, 0.29) is 5.92 Å². The zero-order valence-electron chi connectivity index (χ0n) is 6.86. The summed E-state index contributed by atoms with van der Waals surface area (Å²) in [6.07, 6.45) is 1.88. The minimum Gasteiger partial charge on any atom is -0.418 e. The minimum absolute atomic E-state index is 0.267. The van der Waals surface area contributed by atoms with Crippen LogP contribution in [-0.4, -0.2) is 17.1 Å². The van der Waals surface area contributed by atoms with E-state index in [9.17, 15) is 0 Å². The first-order valence-electron chi connectivity index (χ1n) is 3.84. The molecule has 3 radical (unpaired) electrons. The summed E-state index contributed by atoms with van der Waals surface area (Å²) in [5.41, 5.74) is 1.23. The number of hydrogen-bond acceptors (Lipinski definition) is 1. The van der Waals surface area contributed by atoms with E-state index in [0.717, 1.165) is 0 Å². The normalized spacial score (nSPS) is 12.4. The van der Waals surface area contributed by atoms with Gasteiger partial charge in [-0.3, -0.25) is 0 Å². The third-order valence-electron chi connectivity index (χ3n) is 1.78. The zero-order valence-corrected chi connectivity index (χ0v) is 7.86. The fraction of sp³-hybridized carbons (Fsp3) is 0.200. The van der Waals surface area contributed by atoms with Gasteiger partial charge in [0.25, 0.3) is 0 Å². The topological polar surface area (TPSA) is 9.23 Å². The predicted molar refractivity (Wildman–Crippen MR) is 51.1 cm³/mol. The third-order valence-corrected chi connectivity index (χ3v) is 1.94. The van der Waals surface area contributed by atoms with Crippen molar-refractivity contribution in [3.63, 3.8) is 0 Å². The first-order chi connectivity index (χ1) is 5.88. The Bertz CT molecular complexity index is 233. The molecule has 0 aliphatic rings. The first kappa shape index (κ1) is 9.23. The van der Waals surface area contributed by atoms with Gasteiger partial charge >= 0.3 is 0 Å². The van der Waals surface area contributed by atoms with E-state index < -0.39 is 0 Å². The summed E-state index contributed by atoms with van der Waals surface area (Å²) in [4.78, 5) is 0. The Kier molecular flexibility index (Phi) is 3.77. The van der Waals surface area contributed by atoms with Crippen molar-refractivity contribution in [3.05, 3.63) is 48.6 Å². The summed E-state index contributed by atoms with van der Waals surface area (Å²) < 4.78 is 4.88. The molecule has 2 heteroatoms. The molecular formula is C10H11OSi. The zero-order chi connectivity index (χ0) is 8.81. The Labute approximate surface area is 76.6 Å². The van der Waals surface area contributed by atoms with Crippen LogP contribution in [0, 0.1) is 0 Å². The van der Waals surface area contributed by atoms with Gasteiger partial charge in [0, 0.05) is 12.5 Å². The van der Waals surface area contributed by atoms with Crippen LogP contribution < -0.4 is 0 Å². The third kappa shape index (κ3) is 2.32. The SMILES string of the molecule is C=CC(CO[Si])c1ccccc1. The highest BCUT2D eigenvalue weighted by atomic mass is 28.2. The Morgan fingerprint density at radius 3 is 2.58 bits per heavy atom. The predicted octanol–water partition coefficient (Wildman–Crippen LogP) is 2.06. The summed E-state index contributed by atoms with van der Waals surface area (Å²) >= 11 is 0. The van der Waals surface area contributed by atoms with Crippen molar-refractivity contribution in [3.8, 4) is 0 Å². The molecule has 0 amide bonds. The second kappa shape index (κ2) is 4.90. The van der Waals surface area contributed by atoms with Crippen LogP contribution >= 0.6 is 0 Å². The molecule has 0 saturated heterocycles. The molecule has 0 bridgehead atoms. The fourth-order valence-electron chi connectivity index (χ4n) is 1.09. The van der Waals surface area contributed by atoms with E-state index in [1.807, 2.05) is 24.3 Å². The van der Waals surface area contributed by atoms with Gasteiger partial charge in [0.05, 0.1) is 0 Å².